The van der Waals surface area contributed by atoms with Crippen LogP contribution < -0.4 is 0 Å². The molecule has 0 radical (unpaired) electrons. The molecular formula is C23H29N2P. The number of nitrogens with zero attached hydrogens (tertiary/aromatic N) is 2. The van der Waals surface area contributed by atoms with Gasteiger partial charge in [0.25, 0.3) is 0 Å². The van der Waals surface area contributed by atoms with E-state index in [1.807, 2.05) is 0 Å². The Labute approximate surface area is 159 Å². The van der Waals surface area contributed by atoms with Crippen LogP contribution in [0.5, 0.6) is 0 Å². The largest absolute Gasteiger partial charge is 0.266 e. The fourth-order valence-electron chi connectivity index (χ4n) is 4.28. The minimum Gasteiger partial charge on any atom is -0.266 e. The lowest BCUT2D eigenvalue weighted by molar-refractivity contribution is 0.479. The SMILES string of the molecule is CC(=C(c1ccccc1)c1ccccc1)P(N1CCCC1)N1CCCC1. The number of hydrogen-bond acceptors (Lipinski definition) is 2. The van der Waals surface area contributed by atoms with E-state index in [4.69, 9.17) is 0 Å². The topological polar surface area (TPSA) is 6.48 Å². The van der Waals surface area contributed by atoms with Gasteiger partial charge in [-0.05, 0) is 54.6 Å². The number of benzene rings is 2. The first-order chi connectivity index (χ1) is 12.8. The van der Waals surface area contributed by atoms with Crippen molar-refractivity contribution in [3.8, 4) is 0 Å². The number of hydrogen-bond donors (Lipinski definition) is 0. The maximum Gasteiger partial charge on any atom is 0.0685 e. The van der Waals surface area contributed by atoms with Gasteiger partial charge in [0.05, 0.1) is 8.22 Å². The van der Waals surface area contributed by atoms with Crippen molar-refractivity contribution < 1.29 is 0 Å². The zero-order valence-electron chi connectivity index (χ0n) is 15.8. The Hall–Kier alpha value is -1.47. The Kier molecular flexibility index (Phi) is 5.84. The lowest BCUT2D eigenvalue weighted by atomic mass is 9.98. The molecule has 2 nitrogen and oxygen atoms in total. The minimum absolute atomic E-state index is 0.364. The van der Waals surface area contributed by atoms with Gasteiger partial charge >= 0.3 is 0 Å². The van der Waals surface area contributed by atoms with Gasteiger partial charge in [-0.15, -0.1) is 0 Å². The lowest BCUT2D eigenvalue weighted by Crippen LogP contribution is -2.25. The van der Waals surface area contributed by atoms with Gasteiger partial charge in [0.15, 0.2) is 0 Å². The summed E-state index contributed by atoms with van der Waals surface area (Å²) in [6.07, 6.45) is 5.41. The number of allylic oxidation sites excluding steroid dienone is 1. The van der Waals surface area contributed by atoms with Gasteiger partial charge < -0.3 is 0 Å². The van der Waals surface area contributed by atoms with Gasteiger partial charge in [0.1, 0.15) is 0 Å². The van der Waals surface area contributed by atoms with Gasteiger partial charge in [0, 0.05) is 26.2 Å². The van der Waals surface area contributed by atoms with Crippen molar-refractivity contribution in [3.05, 3.63) is 77.1 Å². The van der Waals surface area contributed by atoms with E-state index in [9.17, 15) is 0 Å². The normalized spacial score (nSPS) is 18.5. The Balaban J connectivity index is 1.82. The summed E-state index contributed by atoms with van der Waals surface area (Å²) in [6.45, 7) is 7.44. The summed E-state index contributed by atoms with van der Waals surface area (Å²) in [5, 5.41) is 1.57. The second kappa shape index (κ2) is 8.48. The summed E-state index contributed by atoms with van der Waals surface area (Å²) in [5.74, 6) is 0. The van der Waals surface area contributed by atoms with Crippen molar-refractivity contribution in [1.82, 2.24) is 9.34 Å². The molecule has 2 heterocycles. The van der Waals surface area contributed by atoms with Gasteiger partial charge in [-0.1, -0.05) is 60.7 Å². The summed E-state index contributed by atoms with van der Waals surface area (Å²) in [7, 11) is -0.364. The highest BCUT2D eigenvalue weighted by Crippen LogP contribution is 2.57. The number of rotatable bonds is 5. The fraction of sp³-hybridized carbons (Fsp3) is 0.391. The van der Waals surface area contributed by atoms with Crippen molar-refractivity contribution in [2.45, 2.75) is 32.6 Å². The van der Waals surface area contributed by atoms with E-state index >= 15 is 0 Å². The standard InChI is InChI=1S/C23H29N2P/c1-20(26(24-16-8-9-17-24)25-18-10-11-19-25)23(21-12-4-2-5-13-21)22-14-6-3-7-15-22/h2-7,12-15H,8-11,16-19H2,1H3. The molecule has 2 aliphatic heterocycles. The molecule has 0 spiro atoms. The van der Waals surface area contributed by atoms with E-state index in [1.54, 1.807) is 5.31 Å². The Morgan fingerprint density at radius 1 is 0.654 bits per heavy atom. The average Bonchev–Trinajstić information content (AvgIpc) is 3.39. The second-order valence-corrected chi connectivity index (χ2v) is 9.68. The molecule has 2 aromatic rings. The molecule has 2 fully saturated rings. The van der Waals surface area contributed by atoms with E-state index < -0.39 is 0 Å². The third-order valence-corrected chi connectivity index (χ3v) is 8.18. The van der Waals surface area contributed by atoms with Crippen molar-refractivity contribution in [3.63, 3.8) is 0 Å². The van der Waals surface area contributed by atoms with Gasteiger partial charge in [-0.3, -0.25) is 9.34 Å². The van der Waals surface area contributed by atoms with Crippen LogP contribution in [0.15, 0.2) is 66.0 Å². The Morgan fingerprint density at radius 2 is 1.04 bits per heavy atom. The van der Waals surface area contributed by atoms with Crippen molar-refractivity contribution in [1.29, 1.82) is 0 Å². The quantitative estimate of drug-likeness (QED) is 0.603. The van der Waals surface area contributed by atoms with Gasteiger partial charge in [-0.2, -0.15) is 0 Å². The van der Waals surface area contributed by atoms with Gasteiger partial charge in [0.2, 0.25) is 0 Å². The van der Waals surface area contributed by atoms with E-state index in [0.29, 0.717) is 0 Å². The highest BCUT2D eigenvalue weighted by atomic mass is 31.1. The lowest BCUT2D eigenvalue weighted by Gasteiger charge is -2.36. The van der Waals surface area contributed by atoms with Crippen LogP contribution in [0.3, 0.4) is 0 Å². The molecule has 0 unspecified atom stereocenters. The first-order valence-electron chi connectivity index (χ1n) is 9.96. The summed E-state index contributed by atoms with van der Waals surface area (Å²) < 4.78 is 5.56. The van der Waals surface area contributed by atoms with Crippen LogP contribution in [0.2, 0.25) is 0 Å². The van der Waals surface area contributed by atoms with Gasteiger partial charge in [-0.25, -0.2) is 0 Å². The summed E-state index contributed by atoms with van der Waals surface area (Å²) in [6, 6.07) is 22.0. The van der Waals surface area contributed by atoms with Crippen LogP contribution >= 0.6 is 8.22 Å². The van der Waals surface area contributed by atoms with Crippen LogP contribution in [0.1, 0.15) is 43.7 Å². The molecule has 3 heteroatoms. The minimum atomic E-state index is -0.364. The van der Waals surface area contributed by atoms with Crippen molar-refractivity contribution in [2.75, 3.05) is 26.2 Å². The molecule has 4 rings (SSSR count). The molecule has 0 aromatic heterocycles. The predicted octanol–water partition coefficient (Wildman–Crippen LogP) is 5.97. The molecule has 0 bridgehead atoms. The smallest absolute Gasteiger partial charge is 0.0685 e. The average molecular weight is 364 g/mol. The maximum atomic E-state index is 2.78. The second-order valence-electron chi connectivity index (χ2n) is 7.30. The van der Waals surface area contributed by atoms with E-state index in [1.165, 1.54) is 68.6 Å². The molecule has 0 atom stereocenters. The molecule has 136 valence electrons. The molecule has 2 aliphatic rings. The van der Waals surface area contributed by atoms with E-state index in [0.717, 1.165) is 0 Å². The molecule has 26 heavy (non-hydrogen) atoms. The fourth-order valence-corrected chi connectivity index (χ4v) is 7.26. The van der Waals surface area contributed by atoms with Crippen LogP contribution in [-0.2, 0) is 0 Å². The van der Waals surface area contributed by atoms with Crippen LogP contribution in [0.4, 0.5) is 0 Å². The predicted molar refractivity (Wildman–Crippen MR) is 113 cm³/mol. The summed E-state index contributed by atoms with van der Waals surface area (Å²) in [5.41, 5.74) is 4.14. The first-order valence-corrected chi connectivity index (χ1v) is 11.2. The molecule has 0 amide bonds. The zero-order valence-corrected chi connectivity index (χ0v) is 16.7. The molecular weight excluding hydrogens is 335 g/mol. The van der Waals surface area contributed by atoms with Crippen LogP contribution in [0.25, 0.3) is 5.57 Å². The van der Waals surface area contributed by atoms with E-state index in [-0.39, 0.29) is 8.22 Å². The van der Waals surface area contributed by atoms with Crippen molar-refractivity contribution >= 4 is 13.8 Å². The maximum absolute atomic E-state index is 2.78. The highest BCUT2D eigenvalue weighted by Gasteiger charge is 2.32. The third-order valence-electron chi connectivity index (χ3n) is 5.49. The molecule has 0 saturated carbocycles. The highest BCUT2D eigenvalue weighted by molar-refractivity contribution is 7.57. The van der Waals surface area contributed by atoms with Crippen LogP contribution in [0, 0.1) is 0 Å². The summed E-state index contributed by atoms with van der Waals surface area (Å²) in [4.78, 5) is 0. The Bertz CT molecular complexity index is 672. The molecule has 0 aliphatic carbocycles. The monoisotopic (exact) mass is 364 g/mol. The molecule has 2 saturated heterocycles. The Morgan fingerprint density at radius 3 is 1.42 bits per heavy atom. The van der Waals surface area contributed by atoms with Crippen molar-refractivity contribution in [2.24, 2.45) is 0 Å². The third kappa shape index (κ3) is 3.78. The van der Waals surface area contributed by atoms with Crippen LogP contribution in [-0.4, -0.2) is 35.5 Å². The van der Waals surface area contributed by atoms with E-state index in [2.05, 4.69) is 76.9 Å². The first kappa shape index (κ1) is 17.9. The molecule has 0 N–H and O–H groups in total. The summed E-state index contributed by atoms with van der Waals surface area (Å²) >= 11 is 0. The zero-order chi connectivity index (χ0) is 17.8. The molecule has 2 aromatic carbocycles.